The second-order valence-electron chi connectivity index (χ2n) is 4.47. The predicted octanol–water partition coefficient (Wildman–Crippen LogP) is 3.77. The van der Waals surface area contributed by atoms with E-state index in [1.165, 1.54) is 6.07 Å². The molecule has 0 unspecified atom stereocenters. The topological polar surface area (TPSA) is 36.4 Å². The molecule has 1 rings (SSSR count). The number of hydrogen-bond acceptors (Lipinski definition) is 2. The maximum Gasteiger partial charge on any atom is 0.191 e. The maximum atomic E-state index is 13.3. The molecule has 0 heterocycles. The van der Waals surface area contributed by atoms with E-state index >= 15 is 0 Å². The fraction of sp³-hybridized carbons (Fsp3) is 0.533. The first-order valence-corrected chi connectivity index (χ1v) is 8.39. The summed E-state index contributed by atoms with van der Waals surface area (Å²) in [6, 6.07) is 4.93. The highest BCUT2D eigenvalue weighted by molar-refractivity contribution is 14.0. The average molecular weight is 425 g/mol. The Morgan fingerprint density at radius 2 is 2.00 bits per heavy atom. The standard InChI is InChI=1S/C15H24FN3S.HI/c1-4-8-18-15(17-5-2)19-10-12-6-7-14(16)9-13(12)11-20-3;/h6-7,9H,4-5,8,10-11H2,1-3H3,(H2,17,18,19);1H. The number of nitrogens with one attached hydrogen (secondary N) is 2. The molecule has 0 aliphatic carbocycles. The first kappa shape index (κ1) is 20.5. The van der Waals surface area contributed by atoms with E-state index in [4.69, 9.17) is 0 Å². The third kappa shape index (κ3) is 7.90. The van der Waals surface area contributed by atoms with Crippen LogP contribution in [0.5, 0.6) is 0 Å². The first-order chi connectivity index (χ1) is 9.71. The normalized spacial score (nSPS) is 11.0. The number of guanidine groups is 1. The van der Waals surface area contributed by atoms with Gasteiger partial charge in [0.25, 0.3) is 0 Å². The Bertz CT molecular complexity index is 441. The van der Waals surface area contributed by atoms with Gasteiger partial charge in [0.15, 0.2) is 5.96 Å². The van der Waals surface area contributed by atoms with Crippen LogP contribution in [0.1, 0.15) is 31.4 Å². The molecule has 0 radical (unpaired) electrons. The molecule has 0 amide bonds. The van der Waals surface area contributed by atoms with Gasteiger partial charge >= 0.3 is 0 Å². The second-order valence-corrected chi connectivity index (χ2v) is 5.33. The van der Waals surface area contributed by atoms with Crippen molar-refractivity contribution in [1.29, 1.82) is 0 Å². The Hall–Kier alpha value is -0.500. The zero-order chi connectivity index (χ0) is 14.8. The van der Waals surface area contributed by atoms with Crippen molar-refractivity contribution in [3.8, 4) is 0 Å². The minimum atomic E-state index is -0.183. The summed E-state index contributed by atoms with van der Waals surface area (Å²) in [5.74, 6) is 1.44. The molecule has 0 bridgehead atoms. The summed E-state index contributed by atoms with van der Waals surface area (Å²) in [6.07, 6.45) is 3.07. The molecule has 3 nitrogen and oxygen atoms in total. The van der Waals surface area contributed by atoms with Crippen molar-refractivity contribution >= 4 is 41.7 Å². The molecule has 0 spiro atoms. The third-order valence-electron chi connectivity index (χ3n) is 2.76. The van der Waals surface area contributed by atoms with Crippen LogP contribution >= 0.6 is 35.7 Å². The lowest BCUT2D eigenvalue weighted by Gasteiger charge is -2.11. The highest BCUT2D eigenvalue weighted by Crippen LogP contribution is 2.17. The zero-order valence-electron chi connectivity index (χ0n) is 12.9. The van der Waals surface area contributed by atoms with Gasteiger partial charge in [-0.25, -0.2) is 9.38 Å². The SMILES string of the molecule is CCCNC(=NCc1ccc(F)cc1CSC)NCC.I. The molecule has 0 aromatic heterocycles. The van der Waals surface area contributed by atoms with E-state index in [9.17, 15) is 4.39 Å². The molecule has 0 saturated heterocycles. The minimum Gasteiger partial charge on any atom is -0.357 e. The molecule has 0 aliphatic rings. The Balaban J connectivity index is 0.00000400. The summed E-state index contributed by atoms with van der Waals surface area (Å²) in [5.41, 5.74) is 2.10. The van der Waals surface area contributed by atoms with E-state index in [1.54, 1.807) is 17.8 Å². The van der Waals surface area contributed by atoms with Gasteiger partial charge in [-0.3, -0.25) is 0 Å². The fourth-order valence-electron chi connectivity index (χ4n) is 1.79. The maximum absolute atomic E-state index is 13.3. The highest BCUT2D eigenvalue weighted by Gasteiger charge is 2.04. The van der Waals surface area contributed by atoms with Crippen LogP contribution in [0.4, 0.5) is 4.39 Å². The Morgan fingerprint density at radius 3 is 2.62 bits per heavy atom. The molecule has 0 fully saturated rings. The smallest absolute Gasteiger partial charge is 0.191 e. The summed E-state index contributed by atoms with van der Waals surface area (Å²) < 4.78 is 13.3. The van der Waals surface area contributed by atoms with Gasteiger partial charge in [0.2, 0.25) is 0 Å². The van der Waals surface area contributed by atoms with E-state index in [0.717, 1.165) is 42.3 Å². The van der Waals surface area contributed by atoms with Gasteiger partial charge in [-0.2, -0.15) is 11.8 Å². The second kappa shape index (κ2) is 12.1. The molecular formula is C15H25FIN3S. The van der Waals surface area contributed by atoms with E-state index in [1.807, 2.05) is 19.2 Å². The number of nitrogens with zero attached hydrogens (tertiary/aromatic N) is 1. The lowest BCUT2D eigenvalue weighted by molar-refractivity contribution is 0.625. The lowest BCUT2D eigenvalue weighted by Crippen LogP contribution is -2.37. The van der Waals surface area contributed by atoms with Crippen molar-refractivity contribution in [2.45, 2.75) is 32.6 Å². The number of halogens is 2. The summed E-state index contributed by atoms with van der Waals surface area (Å²) in [7, 11) is 0. The quantitative estimate of drug-likeness (QED) is 0.397. The predicted molar refractivity (Wildman–Crippen MR) is 102 cm³/mol. The van der Waals surface area contributed by atoms with Crippen LogP contribution in [-0.4, -0.2) is 25.3 Å². The number of hydrogen-bond donors (Lipinski definition) is 2. The summed E-state index contributed by atoms with van der Waals surface area (Å²) in [5, 5.41) is 6.47. The highest BCUT2D eigenvalue weighted by atomic mass is 127. The summed E-state index contributed by atoms with van der Waals surface area (Å²) in [4.78, 5) is 4.56. The van der Waals surface area contributed by atoms with Crippen LogP contribution in [0.3, 0.4) is 0 Å². The lowest BCUT2D eigenvalue weighted by atomic mass is 10.1. The first-order valence-electron chi connectivity index (χ1n) is 6.99. The number of thioether (sulfide) groups is 1. The molecule has 1 aromatic rings. The molecule has 0 atom stereocenters. The number of benzene rings is 1. The molecule has 1 aromatic carbocycles. The van der Waals surface area contributed by atoms with Crippen LogP contribution < -0.4 is 10.6 Å². The van der Waals surface area contributed by atoms with Crippen molar-refractivity contribution in [2.24, 2.45) is 4.99 Å². The van der Waals surface area contributed by atoms with Crippen molar-refractivity contribution in [3.05, 3.63) is 35.1 Å². The van der Waals surface area contributed by atoms with Crippen LogP contribution in [0.25, 0.3) is 0 Å². The van der Waals surface area contributed by atoms with Gasteiger partial charge in [-0.05, 0) is 42.9 Å². The Morgan fingerprint density at radius 1 is 1.24 bits per heavy atom. The minimum absolute atomic E-state index is 0. The Kier molecular flexibility index (Phi) is 11.8. The molecular weight excluding hydrogens is 400 g/mol. The monoisotopic (exact) mass is 425 g/mol. The van der Waals surface area contributed by atoms with Gasteiger partial charge in [0.1, 0.15) is 5.82 Å². The van der Waals surface area contributed by atoms with Crippen LogP contribution in [-0.2, 0) is 12.3 Å². The number of aliphatic imine (C=N–C) groups is 1. The van der Waals surface area contributed by atoms with Gasteiger partial charge < -0.3 is 10.6 Å². The number of rotatable bonds is 7. The molecule has 21 heavy (non-hydrogen) atoms. The largest absolute Gasteiger partial charge is 0.357 e. The van der Waals surface area contributed by atoms with Gasteiger partial charge in [-0.1, -0.05) is 13.0 Å². The van der Waals surface area contributed by atoms with E-state index in [2.05, 4.69) is 22.5 Å². The summed E-state index contributed by atoms with van der Waals surface area (Å²) >= 11 is 1.69. The van der Waals surface area contributed by atoms with Crippen molar-refractivity contribution in [3.63, 3.8) is 0 Å². The molecule has 120 valence electrons. The van der Waals surface area contributed by atoms with Crippen molar-refractivity contribution in [2.75, 3.05) is 19.3 Å². The molecule has 2 N–H and O–H groups in total. The average Bonchev–Trinajstić information content (AvgIpc) is 2.44. The van der Waals surface area contributed by atoms with Crippen LogP contribution in [0.2, 0.25) is 0 Å². The molecule has 0 saturated carbocycles. The van der Waals surface area contributed by atoms with Gasteiger partial charge in [0, 0.05) is 18.8 Å². The van der Waals surface area contributed by atoms with Crippen molar-refractivity contribution < 1.29 is 4.39 Å². The van der Waals surface area contributed by atoms with Gasteiger partial charge in [-0.15, -0.1) is 24.0 Å². The van der Waals surface area contributed by atoms with Gasteiger partial charge in [0.05, 0.1) is 6.54 Å². The van der Waals surface area contributed by atoms with Crippen LogP contribution in [0.15, 0.2) is 23.2 Å². The third-order valence-corrected chi connectivity index (χ3v) is 3.36. The zero-order valence-corrected chi connectivity index (χ0v) is 16.1. The van der Waals surface area contributed by atoms with Crippen LogP contribution in [0, 0.1) is 5.82 Å². The van der Waals surface area contributed by atoms with Crippen molar-refractivity contribution in [1.82, 2.24) is 10.6 Å². The van der Waals surface area contributed by atoms with E-state index in [0.29, 0.717) is 6.54 Å². The molecule has 0 aliphatic heterocycles. The fourth-order valence-corrected chi connectivity index (χ4v) is 2.37. The molecule has 6 heteroatoms. The Labute approximate surface area is 148 Å². The van der Waals surface area contributed by atoms with E-state index in [-0.39, 0.29) is 29.8 Å². The van der Waals surface area contributed by atoms with E-state index < -0.39 is 0 Å². The summed E-state index contributed by atoms with van der Waals surface area (Å²) in [6.45, 7) is 6.45.